The van der Waals surface area contributed by atoms with Gasteiger partial charge in [0.25, 0.3) is 5.91 Å². The van der Waals surface area contributed by atoms with Crippen LogP contribution in [0.3, 0.4) is 0 Å². The molecule has 1 aromatic carbocycles. The molecule has 2 atom stereocenters. The number of nitrogens with zero attached hydrogens (tertiary/aromatic N) is 2. The lowest BCUT2D eigenvalue weighted by Crippen LogP contribution is -2.48. The van der Waals surface area contributed by atoms with E-state index in [1.54, 1.807) is 0 Å². The molecule has 3 rings (SSSR count). The Labute approximate surface area is 193 Å². The number of anilines is 1. The number of benzene rings is 1. The van der Waals surface area contributed by atoms with Crippen LogP contribution in [-0.4, -0.2) is 54.0 Å². The maximum absolute atomic E-state index is 14.5. The molecule has 33 heavy (non-hydrogen) atoms. The molecule has 12 heteroatoms. The second-order valence-corrected chi connectivity index (χ2v) is 8.50. The molecule has 2 N–H and O–H groups in total. The molecular formula is C21H23FN4O6S. The maximum Gasteiger partial charge on any atom is 0.357 e. The van der Waals surface area contributed by atoms with Crippen molar-refractivity contribution in [3.63, 3.8) is 0 Å². The Morgan fingerprint density at radius 3 is 2.64 bits per heavy atom. The van der Waals surface area contributed by atoms with E-state index in [4.69, 9.17) is 4.74 Å². The van der Waals surface area contributed by atoms with Gasteiger partial charge in [0.2, 0.25) is 5.91 Å². The van der Waals surface area contributed by atoms with E-state index in [1.165, 1.54) is 31.7 Å². The highest BCUT2D eigenvalue weighted by atomic mass is 32.1. The minimum absolute atomic E-state index is 0.0169. The zero-order valence-electron chi connectivity index (χ0n) is 18.4. The average Bonchev–Trinajstić information content (AvgIpc) is 3.35. The Hall–Kier alpha value is -3.54. The number of hydrogen-bond acceptors (Lipinski definition) is 8. The number of ether oxygens (including phenoxy) is 2. The van der Waals surface area contributed by atoms with E-state index in [0.717, 1.165) is 22.3 Å². The summed E-state index contributed by atoms with van der Waals surface area (Å²) in [6, 6.07) is 0.667. The SMILES string of the molecule is COC(=O)c1csc(NC(=O)[C@H](CC(C)C)N2C(=O)NC(c3ccc(OC)cc3F)C2=O)n1. The predicted molar refractivity (Wildman–Crippen MR) is 116 cm³/mol. The van der Waals surface area contributed by atoms with Crippen molar-refractivity contribution in [1.82, 2.24) is 15.2 Å². The van der Waals surface area contributed by atoms with Gasteiger partial charge in [0.05, 0.1) is 14.2 Å². The van der Waals surface area contributed by atoms with Crippen molar-refractivity contribution in [3.8, 4) is 5.75 Å². The number of halogens is 1. The van der Waals surface area contributed by atoms with Crippen LogP contribution in [0.5, 0.6) is 5.75 Å². The van der Waals surface area contributed by atoms with Crippen molar-refractivity contribution in [2.24, 2.45) is 5.92 Å². The third-order valence-corrected chi connectivity index (χ3v) is 5.69. The summed E-state index contributed by atoms with van der Waals surface area (Å²) in [4.78, 5) is 55.3. The number of rotatable bonds is 8. The van der Waals surface area contributed by atoms with Crippen LogP contribution in [0, 0.1) is 11.7 Å². The Morgan fingerprint density at radius 2 is 2.03 bits per heavy atom. The van der Waals surface area contributed by atoms with E-state index in [-0.39, 0.29) is 34.5 Å². The smallest absolute Gasteiger partial charge is 0.357 e. The summed E-state index contributed by atoms with van der Waals surface area (Å²) in [7, 11) is 2.59. The fourth-order valence-electron chi connectivity index (χ4n) is 3.36. The van der Waals surface area contributed by atoms with E-state index < -0.39 is 41.7 Å². The van der Waals surface area contributed by atoms with Crippen molar-refractivity contribution in [2.45, 2.75) is 32.4 Å². The molecule has 1 unspecified atom stereocenters. The van der Waals surface area contributed by atoms with Gasteiger partial charge in [-0.15, -0.1) is 11.3 Å². The molecule has 1 fully saturated rings. The average molecular weight is 479 g/mol. The summed E-state index contributed by atoms with van der Waals surface area (Å²) in [6.07, 6.45) is 0.165. The van der Waals surface area contributed by atoms with Crippen molar-refractivity contribution in [1.29, 1.82) is 0 Å². The molecule has 0 spiro atoms. The number of urea groups is 1. The second-order valence-electron chi connectivity index (χ2n) is 7.64. The summed E-state index contributed by atoms with van der Waals surface area (Å²) in [5.74, 6) is -2.59. The van der Waals surface area contributed by atoms with Gasteiger partial charge in [-0.3, -0.25) is 9.59 Å². The molecule has 176 valence electrons. The van der Waals surface area contributed by atoms with Gasteiger partial charge < -0.3 is 20.1 Å². The van der Waals surface area contributed by atoms with Gasteiger partial charge in [-0.25, -0.2) is 23.9 Å². The highest BCUT2D eigenvalue weighted by molar-refractivity contribution is 7.14. The molecule has 1 aromatic heterocycles. The number of methoxy groups -OCH3 is 2. The lowest BCUT2D eigenvalue weighted by Gasteiger charge is -2.25. The van der Waals surface area contributed by atoms with Gasteiger partial charge in [0.1, 0.15) is 23.7 Å². The van der Waals surface area contributed by atoms with Gasteiger partial charge in [0.15, 0.2) is 10.8 Å². The fraction of sp³-hybridized carbons (Fsp3) is 0.381. The number of hydrogen-bond donors (Lipinski definition) is 2. The normalized spacial score (nSPS) is 16.5. The van der Waals surface area contributed by atoms with Gasteiger partial charge in [-0.05, 0) is 24.5 Å². The van der Waals surface area contributed by atoms with Crippen LogP contribution in [-0.2, 0) is 14.3 Å². The van der Waals surface area contributed by atoms with Crippen LogP contribution in [0.1, 0.15) is 42.4 Å². The number of esters is 1. The topological polar surface area (TPSA) is 127 Å². The third-order valence-electron chi connectivity index (χ3n) is 4.93. The minimum atomic E-state index is -1.28. The molecule has 2 aromatic rings. The molecule has 0 aliphatic carbocycles. The first-order valence-electron chi connectivity index (χ1n) is 9.98. The molecule has 0 radical (unpaired) electrons. The Bertz CT molecular complexity index is 1090. The van der Waals surface area contributed by atoms with Gasteiger partial charge in [0, 0.05) is 17.0 Å². The molecule has 1 aliphatic rings. The molecule has 1 saturated heterocycles. The third kappa shape index (κ3) is 5.11. The van der Waals surface area contributed by atoms with Crippen LogP contribution < -0.4 is 15.4 Å². The number of carbonyl (C=O) groups is 4. The monoisotopic (exact) mass is 478 g/mol. The summed E-state index contributed by atoms with van der Waals surface area (Å²) in [6.45, 7) is 3.66. The van der Waals surface area contributed by atoms with E-state index >= 15 is 0 Å². The maximum atomic E-state index is 14.5. The summed E-state index contributed by atoms with van der Waals surface area (Å²) >= 11 is 0.996. The van der Waals surface area contributed by atoms with Crippen molar-refractivity contribution in [2.75, 3.05) is 19.5 Å². The largest absolute Gasteiger partial charge is 0.497 e. The Kier molecular flexibility index (Phi) is 7.26. The number of nitrogens with one attached hydrogen (secondary N) is 2. The molecule has 2 heterocycles. The number of imide groups is 1. The number of amides is 4. The first-order chi connectivity index (χ1) is 15.7. The Balaban J connectivity index is 1.85. The fourth-order valence-corrected chi connectivity index (χ4v) is 4.05. The quantitative estimate of drug-likeness (QED) is 0.441. The van der Waals surface area contributed by atoms with Gasteiger partial charge in [-0.1, -0.05) is 13.8 Å². The molecule has 0 bridgehead atoms. The molecule has 1 aliphatic heterocycles. The van der Waals surface area contributed by atoms with Crippen LogP contribution in [0.15, 0.2) is 23.6 Å². The van der Waals surface area contributed by atoms with Crippen molar-refractivity contribution >= 4 is 40.3 Å². The standard InChI is InChI=1S/C21H23FN4O6S/c1-10(2)7-15(17(27)25-20-23-14(9-33-20)19(29)32-4)26-18(28)16(24-21(26)30)12-6-5-11(31-3)8-13(12)22/h5-6,8-10,15-16H,7H2,1-4H3,(H,24,30)(H,23,25,27)/t15-,16?/m0/s1. The van der Waals surface area contributed by atoms with Crippen LogP contribution in [0.4, 0.5) is 14.3 Å². The Morgan fingerprint density at radius 1 is 1.30 bits per heavy atom. The zero-order valence-corrected chi connectivity index (χ0v) is 19.2. The highest BCUT2D eigenvalue weighted by Gasteiger charge is 2.46. The van der Waals surface area contributed by atoms with E-state index in [2.05, 4.69) is 20.4 Å². The van der Waals surface area contributed by atoms with E-state index in [9.17, 15) is 23.6 Å². The van der Waals surface area contributed by atoms with Gasteiger partial charge >= 0.3 is 12.0 Å². The van der Waals surface area contributed by atoms with Crippen LogP contribution in [0.2, 0.25) is 0 Å². The van der Waals surface area contributed by atoms with E-state index in [1.807, 2.05) is 13.8 Å². The summed E-state index contributed by atoms with van der Waals surface area (Å²) in [5.41, 5.74) is -0.0220. The van der Waals surface area contributed by atoms with Crippen molar-refractivity contribution in [3.05, 3.63) is 40.7 Å². The first kappa shape index (κ1) is 24.1. The van der Waals surface area contributed by atoms with Crippen LogP contribution in [0.25, 0.3) is 0 Å². The molecule has 0 saturated carbocycles. The number of thiazole rings is 1. The molecular weight excluding hydrogens is 455 g/mol. The van der Waals surface area contributed by atoms with E-state index in [0.29, 0.717) is 0 Å². The number of aromatic nitrogens is 1. The second kappa shape index (κ2) is 9.94. The highest BCUT2D eigenvalue weighted by Crippen LogP contribution is 2.30. The van der Waals surface area contributed by atoms with Crippen molar-refractivity contribution < 1.29 is 33.0 Å². The van der Waals surface area contributed by atoms with Gasteiger partial charge in [-0.2, -0.15) is 0 Å². The lowest BCUT2D eigenvalue weighted by atomic mass is 10.0. The van der Waals surface area contributed by atoms with Crippen LogP contribution >= 0.6 is 11.3 Å². The lowest BCUT2D eigenvalue weighted by molar-refractivity contribution is -0.134. The molecule has 10 nitrogen and oxygen atoms in total. The summed E-state index contributed by atoms with van der Waals surface area (Å²) in [5, 5.41) is 6.51. The number of carbonyl (C=O) groups excluding carboxylic acids is 4. The first-order valence-corrected chi connectivity index (χ1v) is 10.9. The molecule has 4 amide bonds. The predicted octanol–water partition coefficient (Wildman–Crippen LogP) is 2.72. The minimum Gasteiger partial charge on any atom is -0.497 e. The summed E-state index contributed by atoms with van der Waals surface area (Å²) < 4.78 is 24.1. The zero-order chi connectivity index (χ0) is 24.3.